The maximum Gasteiger partial charge on any atom is 0.351 e. The number of fused-ring (bicyclic) bond motifs is 3. The lowest BCUT2D eigenvalue weighted by molar-refractivity contribution is -0.0549. The Bertz CT molecular complexity index is 1280. The number of carbonyl (C=O) groups excluding carboxylic acids is 1. The first-order valence-electron chi connectivity index (χ1n) is 14.0. The smallest absolute Gasteiger partial charge is 0.351 e. The molecule has 40 heavy (non-hydrogen) atoms. The number of ether oxygens (including phenoxy) is 1. The monoisotopic (exact) mass is 575 g/mol. The van der Waals surface area contributed by atoms with Gasteiger partial charge in [-0.1, -0.05) is 12.1 Å². The third-order valence-electron chi connectivity index (χ3n) is 9.18. The molecule has 6 aliphatic rings. The number of hydrogen-bond acceptors (Lipinski definition) is 9. The molecule has 12 heteroatoms. The molecule has 4 saturated heterocycles. The molecule has 1 aromatic carbocycles. The van der Waals surface area contributed by atoms with Crippen molar-refractivity contribution in [2.24, 2.45) is 5.92 Å². The van der Waals surface area contributed by atoms with Gasteiger partial charge in [0.15, 0.2) is 6.23 Å². The summed E-state index contributed by atoms with van der Waals surface area (Å²) in [6.45, 7) is 4.11. The van der Waals surface area contributed by atoms with Crippen LogP contribution in [0.15, 0.2) is 35.3 Å². The second-order valence-electron chi connectivity index (χ2n) is 11.4. The second kappa shape index (κ2) is 11.8. The van der Waals surface area contributed by atoms with Gasteiger partial charge in [0, 0.05) is 36.8 Å². The molecule has 0 saturated carbocycles. The molecule has 1 aliphatic carbocycles. The van der Waals surface area contributed by atoms with Gasteiger partial charge in [0.2, 0.25) is 0 Å². The minimum absolute atomic E-state index is 0. The molecule has 5 aliphatic heterocycles. The summed E-state index contributed by atoms with van der Waals surface area (Å²) in [5, 5.41) is 28.2. The Hall–Kier alpha value is -2.54. The van der Waals surface area contributed by atoms with Gasteiger partial charge in [-0.15, -0.1) is 12.4 Å². The minimum atomic E-state index is -1.31. The molecule has 6 atom stereocenters. The Kier molecular flexibility index (Phi) is 8.51. The number of aliphatic hydroxyl groups is 3. The first-order chi connectivity index (χ1) is 18.9. The first kappa shape index (κ1) is 29.0. The minimum Gasteiger partial charge on any atom is -0.394 e. The van der Waals surface area contributed by atoms with Crippen molar-refractivity contribution < 1.29 is 24.9 Å². The highest BCUT2D eigenvalue weighted by Gasteiger charge is 2.45. The fraction of sp³-hybridized carbons (Fsp3) is 0.607. The number of halogens is 1. The molecule has 0 unspecified atom stereocenters. The van der Waals surface area contributed by atoms with Crippen LogP contribution in [0.3, 0.4) is 0 Å². The van der Waals surface area contributed by atoms with Gasteiger partial charge in [0.25, 0.3) is 5.91 Å². The lowest BCUT2D eigenvalue weighted by Gasteiger charge is -2.51. The van der Waals surface area contributed by atoms with Gasteiger partial charge in [0.1, 0.15) is 24.1 Å². The van der Waals surface area contributed by atoms with E-state index in [1.165, 1.54) is 62.2 Å². The van der Waals surface area contributed by atoms with Gasteiger partial charge >= 0.3 is 5.69 Å². The standard InChI is InChI=1S/C19H24N2O.C9H13N3O5.ClH/c22-19-16-6-2-4-14-3-1-5-15(18(14)16)11-21(19)17-12-20-9-7-13(17)8-10-20;10-5-1-2-12(9(16)11-5)8-7(15)6(14)4(3-13)17-8;/h2,4,6,13,15,17H,1,3,5,7-12H2;1-2,4,6-8,13-15H,3H2,(H2,10,11,16);1H/t15-,17-;4-,6-,7+,8-;/m11./s1. The molecule has 2 aromatic rings. The highest BCUT2D eigenvalue weighted by molar-refractivity contribution is 5.98. The zero-order valence-electron chi connectivity index (χ0n) is 22.3. The van der Waals surface area contributed by atoms with Gasteiger partial charge in [0.05, 0.1) is 6.61 Å². The summed E-state index contributed by atoms with van der Waals surface area (Å²) in [5.41, 5.74) is 8.49. The van der Waals surface area contributed by atoms with Crippen LogP contribution >= 0.6 is 12.4 Å². The van der Waals surface area contributed by atoms with Crippen LogP contribution < -0.4 is 11.4 Å². The number of rotatable bonds is 3. The summed E-state index contributed by atoms with van der Waals surface area (Å²) < 4.78 is 6.19. The van der Waals surface area contributed by atoms with Crippen LogP contribution in [-0.2, 0) is 11.2 Å². The lowest BCUT2D eigenvalue weighted by Crippen LogP contribution is -2.60. The van der Waals surface area contributed by atoms with Crippen molar-refractivity contribution in [3.63, 3.8) is 0 Å². The number of anilines is 1. The molecule has 8 rings (SSSR count). The number of hydrogen-bond donors (Lipinski definition) is 4. The number of aromatic nitrogens is 2. The Morgan fingerprint density at radius 1 is 1.05 bits per heavy atom. The summed E-state index contributed by atoms with van der Waals surface area (Å²) in [6, 6.07) is 8.24. The van der Waals surface area contributed by atoms with Gasteiger partial charge in [-0.2, -0.15) is 4.98 Å². The van der Waals surface area contributed by atoms with Crippen molar-refractivity contribution in [2.45, 2.75) is 68.6 Å². The summed E-state index contributed by atoms with van der Waals surface area (Å²) in [7, 11) is 0. The van der Waals surface area contributed by atoms with Crippen LogP contribution in [0.2, 0.25) is 0 Å². The molecule has 218 valence electrons. The van der Waals surface area contributed by atoms with Crippen molar-refractivity contribution in [3.8, 4) is 0 Å². The fourth-order valence-electron chi connectivity index (χ4n) is 7.14. The van der Waals surface area contributed by atoms with Gasteiger partial charge in [-0.25, -0.2) is 4.79 Å². The molecule has 11 nitrogen and oxygen atoms in total. The van der Waals surface area contributed by atoms with E-state index >= 15 is 0 Å². The van der Waals surface area contributed by atoms with Crippen molar-refractivity contribution in [2.75, 3.05) is 38.5 Å². The molecule has 2 bridgehead atoms. The molecule has 4 fully saturated rings. The average Bonchev–Trinajstić information content (AvgIpc) is 3.24. The van der Waals surface area contributed by atoms with Crippen LogP contribution in [0.4, 0.5) is 5.82 Å². The van der Waals surface area contributed by atoms with E-state index in [1.807, 2.05) is 0 Å². The molecule has 6 heterocycles. The summed E-state index contributed by atoms with van der Waals surface area (Å²) in [6.07, 6.45) is 3.00. The number of nitrogens with two attached hydrogens (primary N) is 1. The highest BCUT2D eigenvalue weighted by atomic mass is 35.5. The van der Waals surface area contributed by atoms with Gasteiger partial charge in [-0.3, -0.25) is 9.36 Å². The van der Waals surface area contributed by atoms with E-state index in [2.05, 4.69) is 33.0 Å². The zero-order chi connectivity index (χ0) is 27.3. The Morgan fingerprint density at radius 3 is 2.48 bits per heavy atom. The molecular weight excluding hydrogens is 538 g/mol. The fourth-order valence-corrected chi connectivity index (χ4v) is 7.14. The van der Waals surface area contributed by atoms with Gasteiger partial charge in [-0.05, 0) is 74.4 Å². The molecule has 1 aromatic heterocycles. The van der Waals surface area contributed by atoms with Crippen molar-refractivity contribution >= 4 is 24.1 Å². The van der Waals surface area contributed by atoms with E-state index in [4.69, 9.17) is 15.6 Å². The largest absolute Gasteiger partial charge is 0.394 e. The number of piperidine rings is 3. The van der Waals surface area contributed by atoms with E-state index in [1.54, 1.807) is 0 Å². The molecular formula is C28H38ClN5O6. The Morgan fingerprint density at radius 2 is 1.82 bits per heavy atom. The number of benzene rings is 1. The quantitative estimate of drug-likeness (QED) is 0.410. The molecule has 0 spiro atoms. The maximum atomic E-state index is 13.1. The molecule has 0 radical (unpaired) electrons. The molecule has 1 amide bonds. The highest BCUT2D eigenvalue weighted by Crippen LogP contribution is 2.41. The Labute approximate surface area is 239 Å². The van der Waals surface area contributed by atoms with E-state index in [-0.39, 0.29) is 18.2 Å². The second-order valence-corrected chi connectivity index (χ2v) is 11.4. The van der Waals surface area contributed by atoms with Crippen LogP contribution in [0, 0.1) is 5.92 Å². The first-order valence-corrected chi connectivity index (χ1v) is 14.0. The van der Waals surface area contributed by atoms with Crippen LogP contribution in [-0.4, -0.2) is 97.7 Å². The third-order valence-corrected chi connectivity index (χ3v) is 9.18. The SMILES string of the molecule is Cl.Nc1ccn([C@@H]2O[C@H](CO)[C@@H](O)[C@@H]2O)c(=O)n1.O=C1c2cccc3c2[C@H](CCC3)CN1[C@@H]1CN2CCC1CC2. The summed E-state index contributed by atoms with van der Waals surface area (Å²) in [4.78, 5) is 32.9. The number of aryl methyl sites for hydroxylation is 1. The van der Waals surface area contributed by atoms with Crippen molar-refractivity contribution in [1.82, 2.24) is 19.4 Å². The van der Waals surface area contributed by atoms with E-state index < -0.39 is 36.8 Å². The number of nitrogens with zero attached hydrogens (tertiary/aromatic N) is 4. The third kappa shape index (κ3) is 5.15. The Balaban J connectivity index is 0.000000163. The van der Waals surface area contributed by atoms with E-state index in [0.717, 1.165) is 35.6 Å². The maximum absolute atomic E-state index is 13.1. The van der Waals surface area contributed by atoms with Crippen molar-refractivity contribution in [1.29, 1.82) is 0 Å². The predicted octanol–water partition coefficient (Wildman–Crippen LogP) is 0.515. The van der Waals surface area contributed by atoms with E-state index in [0.29, 0.717) is 17.9 Å². The summed E-state index contributed by atoms with van der Waals surface area (Å²) >= 11 is 0. The lowest BCUT2D eigenvalue weighted by atomic mass is 9.75. The van der Waals surface area contributed by atoms with Crippen LogP contribution in [0.1, 0.15) is 59.3 Å². The number of aliphatic hydroxyl groups excluding tert-OH is 3. The predicted molar refractivity (Wildman–Crippen MR) is 149 cm³/mol. The normalized spacial score (nSPS) is 34.0. The number of carbonyl (C=O) groups is 1. The van der Waals surface area contributed by atoms with Gasteiger partial charge < -0.3 is 35.6 Å². The topological polar surface area (TPSA) is 154 Å². The average molecular weight is 576 g/mol. The van der Waals surface area contributed by atoms with Crippen molar-refractivity contribution in [3.05, 3.63) is 57.6 Å². The van der Waals surface area contributed by atoms with E-state index in [9.17, 15) is 19.8 Å². The number of amides is 1. The summed E-state index contributed by atoms with van der Waals surface area (Å²) in [5.74, 6) is 1.70. The molecule has 5 N–H and O–H groups in total. The number of nitrogen functional groups attached to an aromatic ring is 1. The van der Waals surface area contributed by atoms with Crippen LogP contribution in [0.25, 0.3) is 0 Å². The van der Waals surface area contributed by atoms with Crippen LogP contribution in [0.5, 0.6) is 0 Å². The zero-order valence-corrected chi connectivity index (χ0v) is 23.2.